The van der Waals surface area contributed by atoms with E-state index >= 15 is 0 Å². The van der Waals surface area contributed by atoms with Crippen molar-refractivity contribution in [1.82, 2.24) is 0 Å². The maximum atomic E-state index is 10.9. The maximum absolute atomic E-state index is 10.9. The van der Waals surface area contributed by atoms with Gasteiger partial charge in [-0.25, -0.2) is 0 Å². The third-order valence-electron chi connectivity index (χ3n) is 2.31. The van der Waals surface area contributed by atoms with E-state index in [1.807, 2.05) is 25.1 Å². The van der Waals surface area contributed by atoms with Gasteiger partial charge in [0.05, 0.1) is 0 Å². The molecule has 5 heteroatoms. The first-order chi connectivity index (χ1) is 7.47. The highest BCUT2D eigenvalue weighted by atomic mass is 32.2. The van der Waals surface area contributed by atoms with Gasteiger partial charge in [-0.05, 0) is 23.9 Å². The van der Waals surface area contributed by atoms with Crippen LogP contribution in [0.4, 0.5) is 0 Å². The fourth-order valence-electron chi connectivity index (χ4n) is 1.62. The molecule has 0 spiro atoms. The topological polar surface area (TPSA) is 69.4 Å². The number of nitrogens with two attached hydrogens (primary N) is 1. The Hall–Kier alpha value is -1.59. The van der Waals surface area contributed by atoms with E-state index in [1.54, 1.807) is 18.2 Å². The smallest absolute Gasteiger partial charge is 0.370 e. The molecule has 0 heterocycles. The summed E-state index contributed by atoms with van der Waals surface area (Å²) in [6, 6.07) is 10.8. The monoisotopic (exact) mass is 237 g/mol. The van der Waals surface area contributed by atoms with E-state index in [2.05, 4.69) is 0 Å². The Morgan fingerprint density at radius 2 is 1.69 bits per heavy atom. The van der Waals surface area contributed by atoms with E-state index < -0.39 is 10.3 Å². The van der Waals surface area contributed by atoms with E-state index in [0.717, 1.165) is 16.3 Å². The molecule has 0 unspecified atom stereocenters. The molecule has 0 radical (unpaired) electrons. The number of benzene rings is 2. The average Bonchev–Trinajstić information content (AvgIpc) is 2.21. The summed E-state index contributed by atoms with van der Waals surface area (Å²) in [5.74, 6) is 0.253. The zero-order valence-corrected chi connectivity index (χ0v) is 9.49. The number of fused-ring (bicyclic) bond motifs is 1. The molecule has 0 aliphatic carbocycles. The van der Waals surface area contributed by atoms with Crippen molar-refractivity contribution >= 4 is 21.1 Å². The van der Waals surface area contributed by atoms with Crippen LogP contribution < -0.4 is 9.32 Å². The normalized spacial score (nSPS) is 11.6. The lowest BCUT2D eigenvalue weighted by molar-refractivity contribution is 0.490. The Balaban J connectivity index is 2.68. The average molecular weight is 237 g/mol. The molecule has 2 aromatic rings. The van der Waals surface area contributed by atoms with E-state index in [0.29, 0.717) is 0 Å². The van der Waals surface area contributed by atoms with Crippen molar-refractivity contribution in [3.63, 3.8) is 0 Å². The molecule has 0 aliphatic rings. The molecule has 0 fully saturated rings. The van der Waals surface area contributed by atoms with Crippen LogP contribution in [0.3, 0.4) is 0 Å². The second-order valence-corrected chi connectivity index (χ2v) is 4.65. The van der Waals surface area contributed by atoms with Crippen LogP contribution in [0.5, 0.6) is 5.75 Å². The second-order valence-electron chi connectivity index (χ2n) is 3.50. The van der Waals surface area contributed by atoms with E-state index in [9.17, 15) is 8.42 Å². The second kappa shape index (κ2) is 3.77. The van der Waals surface area contributed by atoms with Gasteiger partial charge in [0.2, 0.25) is 0 Å². The van der Waals surface area contributed by atoms with Gasteiger partial charge in [-0.15, -0.1) is 0 Å². The van der Waals surface area contributed by atoms with Gasteiger partial charge in [0, 0.05) is 5.39 Å². The SMILES string of the molecule is Cc1ccc(OS(N)(=O)=O)c2ccccc12. The van der Waals surface area contributed by atoms with Crippen LogP contribution >= 0.6 is 0 Å². The van der Waals surface area contributed by atoms with Crippen LogP contribution in [-0.4, -0.2) is 8.42 Å². The summed E-state index contributed by atoms with van der Waals surface area (Å²) in [7, 11) is -3.98. The fraction of sp³-hybridized carbons (Fsp3) is 0.0909. The molecule has 0 aromatic heterocycles. The third-order valence-corrected chi connectivity index (χ3v) is 2.72. The van der Waals surface area contributed by atoms with Gasteiger partial charge in [-0.1, -0.05) is 30.3 Å². The first-order valence-electron chi connectivity index (χ1n) is 4.68. The molecule has 0 saturated carbocycles. The molecule has 2 N–H and O–H groups in total. The summed E-state index contributed by atoms with van der Waals surface area (Å²) in [6.07, 6.45) is 0. The molecule has 0 saturated heterocycles. The largest absolute Gasteiger partial charge is 0.380 e. The quantitative estimate of drug-likeness (QED) is 0.864. The summed E-state index contributed by atoms with van der Waals surface area (Å²) >= 11 is 0. The van der Waals surface area contributed by atoms with E-state index in [-0.39, 0.29) is 5.75 Å². The molecule has 16 heavy (non-hydrogen) atoms. The summed E-state index contributed by atoms with van der Waals surface area (Å²) in [5, 5.41) is 6.53. The van der Waals surface area contributed by atoms with Crippen molar-refractivity contribution in [2.45, 2.75) is 6.92 Å². The highest BCUT2D eigenvalue weighted by Gasteiger charge is 2.09. The lowest BCUT2D eigenvalue weighted by Crippen LogP contribution is -2.19. The Labute approximate surface area is 93.9 Å². The van der Waals surface area contributed by atoms with Crippen LogP contribution in [0.2, 0.25) is 0 Å². The number of rotatable bonds is 2. The molecule has 2 rings (SSSR count). The van der Waals surface area contributed by atoms with Crippen LogP contribution in [0.15, 0.2) is 36.4 Å². The highest BCUT2D eigenvalue weighted by molar-refractivity contribution is 7.84. The van der Waals surface area contributed by atoms with E-state index in [4.69, 9.17) is 9.32 Å². The van der Waals surface area contributed by atoms with Crippen molar-refractivity contribution in [3.8, 4) is 5.75 Å². The summed E-state index contributed by atoms with van der Waals surface area (Å²) < 4.78 is 26.5. The predicted molar refractivity (Wildman–Crippen MR) is 62.4 cm³/mol. The van der Waals surface area contributed by atoms with Crippen molar-refractivity contribution in [3.05, 3.63) is 42.0 Å². The van der Waals surface area contributed by atoms with E-state index in [1.165, 1.54) is 0 Å². The van der Waals surface area contributed by atoms with Crippen LogP contribution in [0.25, 0.3) is 10.8 Å². The lowest BCUT2D eigenvalue weighted by Gasteiger charge is -2.08. The first-order valence-corrected chi connectivity index (χ1v) is 6.15. The molecular weight excluding hydrogens is 226 g/mol. The minimum Gasteiger partial charge on any atom is -0.370 e. The summed E-state index contributed by atoms with van der Waals surface area (Å²) in [6.45, 7) is 1.95. The Bertz CT molecular complexity index is 635. The zero-order chi connectivity index (χ0) is 11.8. The Morgan fingerprint density at radius 3 is 2.31 bits per heavy atom. The molecule has 4 nitrogen and oxygen atoms in total. The predicted octanol–water partition coefficient (Wildman–Crippen LogP) is 1.73. The fourth-order valence-corrected chi connectivity index (χ4v) is 2.02. The third kappa shape index (κ3) is 2.15. The van der Waals surface area contributed by atoms with Gasteiger partial charge in [-0.2, -0.15) is 13.6 Å². The minimum absolute atomic E-state index is 0.253. The lowest BCUT2D eigenvalue weighted by atomic mass is 10.1. The zero-order valence-electron chi connectivity index (χ0n) is 8.67. The molecule has 0 aliphatic heterocycles. The van der Waals surface area contributed by atoms with Gasteiger partial charge < -0.3 is 4.18 Å². The van der Waals surface area contributed by atoms with Crippen molar-refractivity contribution in [2.75, 3.05) is 0 Å². The van der Waals surface area contributed by atoms with Crippen LogP contribution in [-0.2, 0) is 10.3 Å². The molecule has 84 valence electrons. The number of aryl methyl sites for hydroxylation is 1. The van der Waals surface area contributed by atoms with Gasteiger partial charge >= 0.3 is 10.3 Å². The Kier molecular flexibility index (Phi) is 2.57. The van der Waals surface area contributed by atoms with Gasteiger partial charge in [0.15, 0.2) is 5.75 Å². The highest BCUT2D eigenvalue weighted by Crippen LogP contribution is 2.28. The van der Waals surface area contributed by atoms with Gasteiger partial charge in [0.25, 0.3) is 0 Å². The summed E-state index contributed by atoms with van der Waals surface area (Å²) in [4.78, 5) is 0. The molecule has 0 atom stereocenters. The van der Waals surface area contributed by atoms with Gasteiger partial charge in [-0.3, -0.25) is 0 Å². The van der Waals surface area contributed by atoms with Crippen LogP contribution in [0.1, 0.15) is 5.56 Å². The summed E-state index contributed by atoms with van der Waals surface area (Å²) in [5.41, 5.74) is 1.05. The first kappa shape index (κ1) is 10.9. The van der Waals surface area contributed by atoms with Crippen molar-refractivity contribution in [2.24, 2.45) is 5.14 Å². The molecule has 0 bridgehead atoms. The van der Waals surface area contributed by atoms with Gasteiger partial charge in [0.1, 0.15) is 0 Å². The maximum Gasteiger partial charge on any atom is 0.380 e. The molecule has 0 amide bonds. The number of hydrogen-bond donors (Lipinski definition) is 1. The van der Waals surface area contributed by atoms with Crippen LogP contribution in [0, 0.1) is 6.92 Å². The molecule has 2 aromatic carbocycles. The van der Waals surface area contributed by atoms with Crippen molar-refractivity contribution < 1.29 is 12.6 Å². The standard InChI is InChI=1S/C11H11NO3S/c1-8-6-7-11(15-16(12,13)14)10-5-3-2-4-9(8)10/h2-7H,1H3,(H2,12,13,14). The molecular formula is C11H11NO3S. The van der Waals surface area contributed by atoms with Crippen molar-refractivity contribution in [1.29, 1.82) is 0 Å². The minimum atomic E-state index is -3.98. The number of hydrogen-bond acceptors (Lipinski definition) is 3. The Morgan fingerprint density at radius 1 is 1.06 bits per heavy atom.